The molecule has 4 nitrogen and oxygen atoms in total. The van der Waals surface area contributed by atoms with Gasteiger partial charge < -0.3 is 9.64 Å². The Bertz CT molecular complexity index is 2450. The number of benzene rings is 5. The molecule has 1 aliphatic carbocycles. The number of para-hydroxylation sites is 1. The molecule has 0 amide bonds. The lowest BCUT2D eigenvalue weighted by molar-refractivity contribution is -0.433. The molecule has 0 bridgehead atoms. The van der Waals surface area contributed by atoms with E-state index in [-0.39, 0.29) is 22.7 Å². The van der Waals surface area contributed by atoms with Gasteiger partial charge in [-0.3, -0.25) is 4.79 Å². The number of hydrogen-bond acceptors (Lipinski definition) is 3. The van der Waals surface area contributed by atoms with E-state index in [1.165, 1.54) is 61.0 Å². The highest BCUT2D eigenvalue weighted by atomic mass is 35.5. The summed E-state index contributed by atoms with van der Waals surface area (Å²) in [4.78, 5) is 15.1. The van der Waals surface area contributed by atoms with Crippen LogP contribution in [0.5, 0.6) is 5.75 Å². The quantitative estimate of drug-likeness (QED) is 0.0547. The third kappa shape index (κ3) is 7.38. The Labute approximate surface area is 344 Å². The number of fused-ring (bicyclic) bond motifs is 6. The van der Waals surface area contributed by atoms with Crippen LogP contribution >= 0.6 is 11.6 Å². The molecule has 0 saturated heterocycles. The number of carbonyl (C=O) groups excluding carboxylic acids is 1. The summed E-state index contributed by atoms with van der Waals surface area (Å²) >= 11 is 7.42. The molecule has 57 heavy (non-hydrogen) atoms. The Balaban J connectivity index is 1.02. The standard InChI is InChI=1S/C52H56ClN2O2/c1-6-54-43-31-27-36-18-12-14-24-41(36)48(43)51(2,3)45(54)33-29-38-20-17-21-39(50(38)53)30-34-46-52(4,5)49-42-25-15-13-19-37(42)28-32-44(49)55(46)35-16-8-11-26-47(56)57-40-22-9-7-10-23-40/h7,9-10,12-15,18-19,22-25,27-29,31-34,39H,6,8,11,16-17,20-21,26,30,35H2,1-5H3/q+1/b33-29+,46-34+. The second kappa shape index (κ2) is 16.1. The highest BCUT2D eigenvalue weighted by molar-refractivity contribution is 6.30. The SMILES string of the molecule is CC[N+]1=C(/C=C/C2=C(Cl)C(C/C=C3/N(CCCCCC(=O)Oc4ccccc4)c4ccc5ccccc5c4C3(C)C)CCC2)C(C)(C)c2c1ccc1ccccc21. The van der Waals surface area contributed by atoms with Gasteiger partial charge in [-0.05, 0) is 122 Å². The average molecular weight is 776 g/mol. The fraction of sp³-hybridized carbons (Fsp3) is 0.346. The number of ether oxygens (including phenoxy) is 1. The lowest BCUT2D eigenvalue weighted by Crippen LogP contribution is -2.28. The van der Waals surface area contributed by atoms with Crippen LogP contribution in [-0.2, 0) is 15.6 Å². The number of rotatable bonds is 12. The maximum Gasteiger partial charge on any atom is 0.311 e. The van der Waals surface area contributed by atoms with Gasteiger partial charge in [0.15, 0.2) is 5.71 Å². The Morgan fingerprint density at radius 1 is 0.807 bits per heavy atom. The number of anilines is 1. The number of hydrogen-bond donors (Lipinski definition) is 0. The lowest BCUT2D eigenvalue weighted by atomic mass is 9.78. The van der Waals surface area contributed by atoms with Crippen molar-refractivity contribution >= 4 is 56.2 Å². The molecule has 5 aromatic rings. The predicted octanol–water partition coefficient (Wildman–Crippen LogP) is 13.5. The monoisotopic (exact) mass is 775 g/mol. The van der Waals surface area contributed by atoms with E-state index in [9.17, 15) is 4.79 Å². The van der Waals surface area contributed by atoms with E-state index in [1.807, 2.05) is 30.3 Å². The summed E-state index contributed by atoms with van der Waals surface area (Å²) in [6, 6.07) is 36.1. The maximum atomic E-state index is 12.5. The number of esters is 1. The predicted molar refractivity (Wildman–Crippen MR) is 239 cm³/mol. The van der Waals surface area contributed by atoms with Crippen LogP contribution in [0.25, 0.3) is 21.5 Å². The smallest absolute Gasteiger partial charge is 0.311 e. The van der Waals surface area contributed by atoms with Crippen LogP contribution in [-0.4, -0.2) is 29.3 Å². The molecule has 0 aromatic heterocycles. The van der Waals surface area contributed by atoms with Crippen molar-refractivity contribution in [3.05, 3.63) is 149 Å². The Hall–Kier alpha value is -4.93. The normalized spacial score (nSPS) is 19.3. The van der Waals surface area contributed by atoms with Crippen molar-refractivity contribution in [3.8, 4) is 5.75 Å². The van der Waals surface area contributed by atoms with Crippen molar-refractivity contribution in [1.29, 1.82) is 0 Å². The molecule has 0 saturated carbocycles. The zero-order valence-electron chi connectivity index (χ0n) is 34.3. The Morgan fingerprint density at radius 3 is 2.23 bits per heavy atom. The minimum atomic E-state index is -0.170. The summed E-state index contributed by atoms with van der Waals surface area (Å²) in [5.41, 5.74) is 9.10. The van der Waals surface area contributed by atoms with Gasteiger partial charge in [0.2, 0.25) is 5.69 Å². The summed E-state index contributed by atoms with van der Waals surface area (Å²) in [7, 11) is 0. The van der Waals surface area contributed by atoms with Gasteiger partial charge in [0, 0.05) is 52.5 Å². The Kier molecular flexibility index (Phi) is 11.0. The molecule has 1 unspecified atom stereocenters. The van der Waals surface area contributed by atoms with Crippen molar-refractivity contribution in [1.82, 2.24) is 0 Å². The summed E-state index contributed by atoms with van der Waals surface area (Å²) < 4.78 is 8.03. The van der Waals surface area contributed by atoms with E-state index < -0.39 is 0 Å². The fourth-order valence-electron chi connectivity index (χ4n) is 9.97. The highest BCUT2D eigenvalue weighted by Gasteiger charge is 2.45. The molecule has 2 aliphatic heterocycles. The lowest BCUT2D eigenvalue weighted by Gasteiger charge is -2.29. The van der Waals surface area contributed by atoms with Crippen LogP contribution in [0.3, 0.4) is 0 Å². The molecule has 1 atom stereocenters. The third-order valence-electron chi connectivity index (χ3n) is 12.8. The van der Waals surface area contributed by atoms with Crippen molar-refractivity contribution in [2.75, 3.05) is 18.0 Å². The zero-order chi connectivity index (χ0) is 39.7. The van der Waals surface area contributed by atoms with Crippen molar-refractivity contribution in [3.63, 3.8) is 0 Å². The molecule has 5 heteroatoms. The number of carbonyl (C=O) groups is 1. The topological polar surface area (TPSA) is 32.5 Å². The van der Waals surface area contributed by atoms with Gasteiger partial charge in [-0.2, -0.15) is 4.58 Å². The van der Waals surface area contributed by atoms with Crippen LogP contribution in [0.15, 0.2) is 138 Å². The van der Waals surface area contributed by atoms with E-state index in [2.05, 4.69) is 135 Å². The summed E-state index contributed by atoms with van der Waals surface area (Å²) in [6.45, 7) is 13.6. The average Bonchev–Trinajstić information content (AvgIpc) is 3.58. The van der Waals surface area contributed by atoms with Crippen LogP contribution in [0.1, 0.15) is 97.1 Å². The van der Waals surface area contributed by atoms with Crippen LogP contribution in [0, 0.1) is 5.92 Å². The first-order chi connectivity index (χ1) is 27.6. The number of allylic oxidation sites excluding steroid dienone is 6. The first kappa shape index (κ1) is 38.9. The van der Waals surface area contributed by atoms with Gasteiger partial charge >= 0.3 is 5.97 Å². The zero-order valence-corrected chi connectivity index (χ0v) is 35.0. The second-order valence-electron chi connectivity index (χ2n) is 17.1. The molecule has 0 N–H and O–H groups in total. The van der Waals surface area contributed by atoms with Gasteiger partial charge in [0.05, 0.1) is 5.41 Å². The fourth-order valence-corrected chi connectivity index (χ4v) is 10.3. The molecule has 3 aliphatic rings. The Morgan fingerprint density at radius 2 is 1.49 bits per heavy atom. The molecule has 5 aromatic carbocycles. The maximum absolute atomic E-state index is 12.5. The minimum Gasteiger partial charge on any atom is -0.427 e. The van der Waals surface area contributed by atoms with Crippen LogP contribution < -0.4 is 9.64 Å². The van der Waals surface area contributed by atoms with Gasteiger partial charge in [-0.15, -0.1) is 0 Å². The molecule has 0 radical (unpaired) electrons. The summed E-state index contributed by atoms with van der Waals surface area (Å²) in [6.07, 6.45) is 14.5. The van der Waals surface area contributed by atoms with E-state index in [4.69, 9.17) is 16.3 Å². The molecule has 292 valence electrons. The molecule has 8 rings (SSSR count). The van der Waals surface area contributed by atoms with Gasteiger partial charge in [0.25, 0.3) is 0 Å². The molecular weight excluding hydrogens is 720 g/mol. The first-order valence-electron chi connectivity index (χ1n) is 21.1. The number of nitrogens with zero attached hydrogens (tertiary/aromatic N) is 2. The van der Waals surface area contributed by atoms with E-state index in [0.717, 1.165) is 63.1 Å². The van der Waals surface area contributed by atoms with Crippen molar-refractivity contribution in [2.24, 2.45) is 5.92 Å². The van der Waals surface area contributed by atoms with Crippen LogP contribution in [0.2, 0.25) is 0 Å². The highest BCUT2D eigenvalue weighted by Crippen LogP contribution is 2.52. The van der Waals surface area contributed by atoms with Gasteiger partial charge in [-0.25, -0.2) is 0 Å². The first-order valence-corrected chi connectivity index (χ1v) is 21.5. The second-order valence-corrected chi connectivity index (χ2v) is 17.5. The van der Waals surface area contributed by atoms with Crippen molar-refractivity contribution in [2.45, 2.75) is 96.8 Å². The van der Waals surface area contributed by atoms with Gasteiger partial charge in [0.1, 0.15) is 12.3 Å². The van der Waals surface area contributed by atoms with Crippen molar-refractivity contribution < 1.29 is 14.1 Å². The van der Waals surface area contributed by atoms with Crippen LogP contribution in [0.4, 0.5) is 11.4 Å². The number of unbranched alkanes of at least 4 members (excludes halogenated alkanes) is 2. The third-order valence-corrected chi connectivity index (χ3v) is 13.3. The molecular formula is C52H56ClN2O2+. The molecule has 0 spiro atoms. The molecule has 0 fully saturated rings. The van der Waals surface area contributed by atoms with E-state index in [1.54, 1.807) is 0 Å². The van der Waals surface area contributed by atoms with Gasteiger partial charge in [-0.1, -0.05) is 117 Å². The summed E-state index contributed by atoms with van der Waals surface area (Å²) in [5.74, 6) is 0.724. The number of halogens is 1. The summed E-state index contributed by atoms with van der Waals surface area (Å²) in [5, 5.41) is 6.25. The minimum absolute atomic E-state index is 0.129. The van der Waals surface area contributed by atoms with E-state index >= 15 is 0 Å². The van der Waals surface area contributed by atoms with E-state index in [0.29, 0.717) is 12.2 Å². The largest absolute Gasteiger partial charge is 0.427 e. The molecule has 2 heterocycles.